The lowest BCUT2D eigenvalue weighted by Gasteiger charge is -2.10. The molecule has 4 nitrogen and oxygen atoms in total. The van der Waals surface area contributed by atoms with Gasteiger partial charge in [0.1, 0.15) is 5.52 Å². The van der Waals surface area contributed by atoms with Crippen molar-refractivity contribution in [2.75, 3.05) is 0 Å². The minimum absolute atomic E-state index is 0.000874. The highest BCUT2D eigenvalue weighted by Gasteiger charge is 2.23. The predicted molar refractivity (Wildman–Crippen MR) is 92.8 cm³/mol. The van der Waals surface area contributed by atoms with Crippen molar-refractivity contribution in [3.8, 4) is 5.75 Å². The van der Waals surface area contributed by atoms with Crippen LogP contribution in [0.5, 0.6) is 5.75 Å². The summed E-state index contributed by atoms with van der Waals surface area (Å²) in [6.07, 6.45) is 1.53. The van der Waals surface area contributed by atoms with Gasteiger partial charge < -0.3 is 5.11 Å². The predicted octanol–water partition coefficient (Wildman–Crippen LogP) is 3.69. The van der Waals surface area contributed by atoms with E-state index in [-0.39, 0.29) is 15.5 Å². The van der Waals surface area contributed by atoms with Crippen molar-refractivity contribution < 1.29 is 13.5 Å². The number of aryl methyl sites for hydroxylation is 1. The van der Waals surface area contributed by atoms with Gasteiger partial charge in [0.05, 0.1) is 13.4 Å². The first kappa shape index (κ1) is 15.2. The van der Waals surface area contributed by atoms with Crippen LogP contribution in [-0.4, -0.2) is 18.5 Å². The lowest BCUT2D eigenvalue weighted by molar-refractivity contribution is 0.476. The zero-order valence-electron chi connectivity index (χ0n) is 11.6. The van der Waals surface area contributed by atoms with E-state index in [4.69, 9.17) is 0 Å². The Kier molecular flexibility index (Phi) is 3.82. The third-order valence-corrected chi connectivity index (χ3v) is 6.03. The van der Waals surface area contributed by atoms with Crippen molar-refractivity contribution in [3.05, 3.63) is 57.8 Å². The molecule has 0 amide bonds. The number of phenolic OH excluding ortho intramolecular Hbond substituents is 1. The summed E-state index contributed by atoms with van der Waals surface area (Å²) in [5, 5.41) is 10.5. The quantitative estimate of drug-likeness (QED) is 0.637. The fourth-order valence-corrected chi connectivity index (χ4v) is 4.49. The number of halogens is 1. The molecule has 0 radical (unpaired) electrons. The molecule has 0 atom stereocenters. The van der Waals surface area contributed by atoms with E-state index in [9.17, 15) is 13.5 Å². The molecule has 0 unspecified atom stereocenters. The average Bonchev–Trinajstić information content (AvgIpc) is 2.51. The molecule has 0 aliphatic heterocycles. The van der Waals surface area contributed by atoms with Crippen LogP contribution in [0.25, 0.3) is 10.9 Å². The van der Waals surface area contributed by atoms with E-state index in [1.54, 1.807) is 36.4 Å². The summed E-state index contributed by atoms with van der Waals surface area (Å²) in [5.41, 5.74) is 1.28. The summed E-state index contributed by atoms with van der Waals surface area (Å²) in [4.78, 5) is 4.49. The molecule has 0 fully saturated rings. The molecule has 2 aromatic carbocycles. The second-order valence-electron chi connectivity index (χ2n) is 4.92. The Bertz CT molecular complexity index is 967. The van der Waals surface area contributed by atoms with Crippen molar-refractivity contribution in [2.24, 2.45) is 0 Å². The lowest BCUT2D eigenvalue weighted by Crippen LogP contribution is -2.04. The second-order valence-corrected chi connectivity index (χ2v) is 8.00. The number of phenols is 1. The van der Waals surface area contributed by atoms with E-state index in [0.29, 0.717) is 14.5 Å². The highest BCUT2D eigenvalue weighted by molar-refractivity contribution is 14.1. The van der Waals surface area contributed by atoms with Crippen LogP contribution in [0, 0.1) is 10.5 Å². The number of nitrogens with zero attached hydrogens (tertiary/aromatic N) is 1. The number of sulfone groups is 1. The Labute approximate surface area is 141 Å². The second kappa shape index (κ2) is 5.51. The molecule has 0 spiro atoms. The van der Waals surface area contributed by atoms with E-state index in [1.807, 2.05) is 29.5 Å². The molecule has 3 rings (SSSR count). The van der Waals surface area contributed by atoms with Gasteiger partial charge in [0.15, 0.2) is 5.75 Å². The maximum atomic E-state index is 12.9. The first-order valence-corrected chi connectivity index (χ1v) is 9.05. The average molecular weight is 425 g/mol. The van der Waals surface area contributed by atoms with E-state index in [1.165, 1.54) is 12.3 Å². The van der Waals surface area contributed by atoms with Crippen LogP contribution in [0.3, 0.4) is 0 Å². The Balaban J connectivity index is 2.34. The molecule has 1 heterocycles. The number of benzene rings is 2. The van der Waals surface area contributed by atoms with Gasteiger partial charge in [0.2, 0.25) is 9.84 Å². The van der Waals surface area contributed by atoms with Crippen LogP contribution < -0.4 is 0 Å². The number of rotatable bonds is 2. The van der Waals surface area contributed by atoms with Gasteiger partial charge in [-0.15, -0.1) is 0 Å². The summed E-state index contributed by atoms with van der Waals surface area (Å²) in [5.74, 6) is -0.000874. The minimum Gasteiger partial charge on any atom is -0.505 e. The smallest absolute Gasteiger partial charge is 0.207 e. The zero-order chi connectivity index (χ0) is 15.9. The number of aromatic hydroxyl groups is 1. The van der Waals surface area contributed by atoms with Gasteiger partial charge in [-0.05, 0) is 59.8 Å². The summed E-state index contributed by atoms with van der Waals surface area (Å²) in [6.45, 7) is 1.90. The molecule has 1 N–H and O–H groups in total. The number of aromatic nitrogens is 1. The summed E-state index contributed by atoms with van der Waals surface area (Å²) in [6, 6.07) is 11.5. The van der Waals surface area contributed by atoms with Gasteiger partial charge in [-0.1, -0.05) is 17.7 Å². The fourth-order valence-electron chi connectivity index (χ4n) is 2.23. The Morgan fingerprint density at radius 2 is 1.82 bits per heavy atom. The van der Waals surface area contributed by atoms with Gasteiger partial charge in [-0.2, -0.15) is 0 Å². The maximum Gasteiger partial charge on any atom is 0.207 e. The van der Waals surface area contributed by atoms with Crippen molar-refractivity contribution in [2.45, 2.75) is 16.7 Å². The zero-order valence-corrected chi connectivity index (χ0v) is 14.6. The first-order valence-electron chi connectivity index (χ1n) is 6.49. The van der Waals surface area contributed by atoms with Crippen molar-refractivity contribution >= 4 is 43.3 Å². The Hall–Kier alpha value is -1.67. The third kappa shape index (κ3) is 2.46. The molecule has 112 valence electrons. The number of pyridine rings is 1. The van der Waals surface area contributed by atoms with E-state index in [0.717, 1.165) is 5.56 Å². The van der Waals surface area contributed by atoms with Crippen LogP contribution in [0.15, 0.2) is 58.5 Å². The van der Waals surface area contributed by atoms with Crippen LogP contribution in [0.4, 0.5) is 0 Å². The molecule has 0 aliphatic rings. The number of hydrogen-bond acceptors (Lipinski definition) is 4. The molecule has 0 aliphatic carbocycles. The molecule has 3 aromatic rings. The SMILES string of the molecule is Cc1ccc(S(=O)(=O)c2cc(I)c(O)c3ncccc23)cc1. The van der Waals surface area contributed by atoms with Crippen molar-refractivity contribution in [1.29, 1.82) is 0 Å². The fraction of sp³-hybridized carbons (Fsp3) is 0.0625. The highest BCUT2D eigenvalue weighted by atomic mass is 127. The van der Waals surface area contributed by atoms with Gasteiger partial charge >= 0.3 is 0 Å². The molecule has 0 saturated heterocycles. The Morgan fingerprint density at radius 3 is 2.50 bits per heavy atom. The van der Waals surface area contributed by atoms with Crippen LogP contribution in [0.2, 0.25) is 0 Å². The molecule has 6 heteroatoms. The first-order chi connectivity index (χ1) is 10.4. The van der Waals surface area contributed by atoms with Gasteiger partial charge in [0.25, 0.3) is 0 Å². The highest BCUT2D eigenvalue weighted by Crippen LogP contribution is 2.35. The summed E-state index contributed by atoms with van der Waals surface area (Å²) < 4.78 is 26.3. The topological polar surface area (TPSA) is 67.3 Å². The standard InChI is InChI=1S/C16H12INO3S/c1-10-4-6-11(7-5-10)22(20,21)14-9-13(17)16(19)15-12(14)3-2-8-18-15/h2-9,19H,1H3. The van der Waals surface area contributed by atoms with Crippen molar-refractivity contribution in [3.63, 3.8) is 0 Å². The molecule has 0 bridgehead atoms. The minimum atomic E-state index is -3.68. The maximum absolute atomic E-state index is 12.9. The van der Waals surface area contributed by atoms with E-state index < -0.39 is 9.84 Å². The molecule has 1 aromatic heterocycles. The molecule has 22 heavy (non-hydrogen) atoms. The van der Waals surface area contributed by atoms with E-state index in [2.05, 4.69) is 4.98 Å². The van der Waals surface area contributed by atoms with Gasteiger partial charge in [-0.3, -0.25) is 4.98 Å². The third-order valence-electron chi connectivity index (χ3n) is 3.40. The summed E-state index contributed by atoms with van der Waals surface area (Å²) >= 11 is 1.91. The van der Waals surface area contributed by atoms with Crippen LogP contribution in [-0.2, 0) is 9.84 Å². The number of fused-ring (bicyclic) bond motifs is 1. The van der Waals surface area contributed by atoms with Crippen LogP contribution in [0.1, 0.15) is 5.56 Å². The van der Waals surface area contributed by atoms with Crippen molar-refractivity contribution in [1.82, 2.24) is 4.98 Å². The molecule has 0 saturated carbocycles. The molecular formula is C16H12INO3S. The number of hydrogen-bond donors (Lipinski definition) is 1. The monoisotopic (exact) mass is 425 g/mol. The molecular weight excluding hydrogens is 413 g/mol. The largest absolute Gasteiger partial charge is 0.505 e. The van der Waals surface area contributed by atoms with Crippen LogP contribution >= 0.6 is 22.6 Å². The van der Waals surface area contributed by atoms with Gasteiger partial charge in [-0.25, -0.2) is 8.42 Å². The normalized spacial score (nSPS) is 11.7. The lowest BCUT2D eigenvalue weighted by atomic mass is 10.2. The van der Waals surface area contributed by atoms with E-state index >= 15 is 0 Å². The Morgan fingerprint density at radius 1 is 1.14 bits per heavy atom. The summed E-state index contributed by atoms with van der Waals surface area (Å²) in [7, 11) is -3.68. The van der Waals surface area contributed by atoms with Gasteiger partial charge in [0, 0.05) is 11.6 Å².